The number of amides is 1. The standard InChI is InChI=1S/C26H31F3N4O6S/c1-17-14-20(30-15-21(35)16-34)5-2-18(17)8-13-40(37,38)33-11-9-25(10-12-33)24(36)31-23(32-25)19-3-6-22(7-4-19)39-26(27,28)29/h2-7,14,21,30,34-35H,8-13,15-16H2,1H3,(H,31,32,36)/t21-/m0/s1. The highest BCUT2D eigenvalue weighted by Gasteiger charge is 2.47. The number of aliphatic hydroxyl groups is 2. The summed E-state index contributed by atoms with van der Waals surface area (Å²) < 4.78 is 68.6. The number of aryl methyl sites for hydroxylation is 2. The number of halogens is 3. The van der Waals surface area contributed by atoms with Gasteiger partial charge in [0.05, 0.1) is 18.5 Å². The number of hydrogen-bond acceptors (Lipinski definition) is 8. The van der Waals surface area contributed by atoms with E-state index in [1.54, 1.807) is 6.07 Å². The largest absolute Gasteiger partial charge is 0.573 e. The van der Waals surface area contributed by atoms with Crippen molar-refractivity contribution in [2.75, 3.05) is 37.3 Å². The number of anilines is 1. The van der Waals surface area contributed by atoms with Gasteiger partial charge in [0.2, 0.25) is 10.0 Å². The van der Waals surface area contributed by atoms with Gasteiger partial charge in [0, 0.05) is 30.9 Å². The first-order chi connectivity index (χ1) is 18.8. The number of amidine groups is 1. The summed E-state index contributed by atoms with van der Waals surface area (Å²) in [5, 5.41) is 24.1. The number of aliphatic imine (C=N–C) groups is 1. The molecule has 1 atom stereocenters. The summed E-state index contributed by atoms with van der Waals surface area (Å²) in [5.74, 6) is -0.649. The normalized spacial score (nSPS) is 18.4. The molecule has 2 aliphatic heterocycles. The molecule has 4 N–H and O–H groups in total. The molecule has 2 aromatic carbocycles. The third kappa shape index (κ3) is 7.11. The number of nitrogens with one attached hydrogen (secondary N) is 2. The minimum Gasteiger partial charge on any atom is -0.406 e. The molecule has 40 heavy (non-hydrogen) atoms. The van der Waals surface area contributed by atoms with Gasteiger partial charge in [-0.2, -0.15) is 0 Å². The number of carbonyl (C=O) groups is 1. The predicted molar refractivity (Wildman–Crippen MR) is 142 cm³/mol. The van der Waals surface area contributed by atoms with Crippen LogP contribution in [0.4, 0.5) is 18.9 Å². The highest BCUT2D eigenvalue weighted by Crippen LogP contribution is 2.33. The molecule has 0 unspecified atom stereocenters. The Morgan fingerprint density at radius 3 is 2.45 bits per heavy atom. The lowest BCUT2D eigenvalue weighted by Crippen LogP contribution is -2.50. The first-order valence-electron chi connectivity index (χ1n) is 12.7. The van der Waals surface area contributed by atoms with Crippen molar-refractivity contribution in [3.63, 3.8) is 0 Å². The molecule has 0 radical (unpaired) electrons. The minimum absolute atomic E-state index is 0.107. The van der Waals surface area contributed by atoms with Crippen LogP contribution in [0, 0.1) is 6.92 Å². The van der Waals surface area contributed by atoms with Gasteiger partial charge in [-0.3, -0.25) is 9.79 Å². The Hall–Kier alpha value is -3.20. The van der Waals surface area contributed by atoms with E-state index in [9.17, 15) is 31.5 Å². The maximum Gasteiger partial charge on any atom is 0.573 e. The van der Waals surface area contributed by atoms with Crippen molar-refractivity contribution in [1.82, 2.24) is 9.62 Å². The van der Waals surface area contributed by atoms with Gasteiger partial charge in [-0.1, -0.05) is 6.07 Å². The van der Waals surface area contributed by atoms with Gasteiger partial charge in [0.25, 0.3) is 5.91 Å². The van der Waals surface area contributed by atoms with Crippen LogP contribution in [0.25, 0.3) is 0 Å². The fourth-order valence-corrected chi connectivity index (χ4v) is 6.17. The van der Waals surface area contributed by atoms with Gasteiger partial charge in [-0.25, -0.2) is 12.7 Å². The molecule has 1 spiro atoms. The number of benzene rings is 2. The Kier molecular flexibility index (Phi) is 8.73. The predicted octanol–water partition coefficient (Wildman–Crippen LogP) is 1.94. The van der Waals surface area contributed by atoms with E-state index < -0.39 is 33.8 Å². The summed E-state index contributed by atoms with van der Waals surface area (Å²) in [6.45, 7) is 1.92. The number of sulfonamides is 1. The zero-order valence-electron chi connectivity index (χ0n) is 21.7. The second kappa shape index (κ2) is 11.7. The molecule has 0 bridgehead atoms. The summed E-state index contributed by atoms with van der Waals surface area (Å²) >= 11 is 0. The van der Waals surface area contributed by atoms with Gasteiger partial charge in [0.1, 0.15) is 17.1 Å². The van der Waals surface area contributed by atoms with Crippen LogP contribution in [-0.2, 0) is 21.2 Å². The second-order valence-corrected chi connectivity index (χ2v) is 11.9. The van der Waals surface area contributed by atoms with Crippen molar-refractivity contribution in [2.24, 2.45) is 4.99 Å². The molecule has 218 valence electrons. The van der Waals surface area contributed by atoms with Crippen LogP contribution in [0.15, 0.2) is 47.5 Å². The van der Waals surface area contributed by atoms with Crippen molar-refractivity contribution < 1.29 is 41.3 Å². The number of carbonyl (C=O) groups excluding carboxylic acids is 1. The maximum absolute atomic E-state index is 13.1. The Labute approximate surface area is 229 Å². The summed E-state index contributed by atoms with van der Waals surface area (Å²) in [6.07, 6.45) is -5.04. The molecule has 1 amide bonds. The zero-order valence-corrected chi connectivity index (χ0v) is 22.6. The van der Waals surface area contributed by atoms with Gasteiger partial charge in [-0.05, 0) is 73.7 Å². The summed E-state index contributed by atoms with van der Waals surface area (Å²) in [7, 11) is -3.61. The Morgan fingerprint density at radius 1 is 1.18 bits per heavy atom. The van der Waals surface area contributed by atoms with Crippen LogP contribution >= 0.6 is 0 Å². The molecule has 0 saturated carbocycles. The van der Waals surface area contributed by atoms with Crippen molar-refractivity contribution in [3.05, 3.63) is 59.2 Å². The lowest BCUT2D eigenvalue weighted by molar-refractivity contribution is -0.274. The van der Waals surface area contributed by atoms with Crippen molar-refractivity contribution in [2.45, 2.75) is 44.2 Å². The minimum atomic E-state index is -4.81. The van der Waals surface area contributed by atoms with E-state index in [4.69, 9.17) is 5.11 Å². The van der Waals surface area contributed by atoms with Crippen molar-refractivity contribution >= 4 is 27.5 Å². The molecule has 14 heteroatoms. The van der Waals surface area contributed by atoms with E-state index in [0.29, 0.717) is 12.0 Å². The van der Waals surface area contributed by atoms with Gasteiger partial charge in [0.15, 0.2) is 0 Å². The molecule has 10 nitrogen and oxygen atoms in total. The highest BCUT2D eigenvalue weighted by atomic mass is 32.2. The van der Waals surface area contributed by atoms with Crippen LogP contribution in [0.5, 0.6) is 5.75 Å². The molecule has 2 aliphatic rings. The molecule has 0 aromatic heterocycles. The molecule has 2 aromatic rings. The van der Waals surface area contributed by atoms with Crippen LogP contribution in [0.1, 0.15) is 29.5 Å². The fraction of sp³-hybridized carbons (Fsp3) is 0.462. The zero-order chi connectivity index (χ0) is 29.1. The Bertz CT molecular complexity index is 1360. The number of ether oxygens (including phenoxy) is 1. The van der Waals surface area contributed by atoms with E-state index in [1.165, 1.54) is 16.4 Å². The first kappa shape index (κ1) is 29.8. The number of hydrogen-bond donors (Lipinski definition) is 4. The Balaban J connectivity index is 1.34. The highest BCUT2D eigenvalue weighted by molar-refractivity contribution is 7.89. The smallest absolute Gasteiger partial charge is 0.406 e. The van der Waals surface area contributed by atoms with E-state index in [0.717, 1.165) is 28.9 Å². The van der Waals surface area contributed by atoms with Gasteiger partial charge >= 0.3 is 6.36 Å². The third-order valence-electron chi connectivity index (χ3n) is 7.01. The number of nitrogens with zero attached hydrogens (tertiary/aromatic N) is 2. The SMILES string of the molecule is Cc1cc(NC[C@H](O)CO)ccc1CCS(=O)(=O)N1CCC2(CC1)N=C(c1ccc(OC(F)(F)F)cc1)NC2=O. The second-order valence-electron chi connectivity index (χ2n) is 9.84. The molecule has 1 saturated heterocycles. The summed E-state index contributed by atoms with van der Waals surface area (Å²) in [5.41, 5.74) is 1.78. The molecule has 0 aliphatic carbocycles. The monoisotopic (exact) mass is 584 g/mol. The molecular weight excluding hydrogens is 553 g/mol. The number of rotatable bonds is 10. The van der Waals surface area contributed by atoms with Crippen molar-refractivity contribution in [3.8, 4) is 5.75 Å². The molecule has 1 fully saturated rings. The number of aliphatic hydroxyl groups excluding tert-OH is 2. The summed E-state index contributed by atoms with van der Waals surface area (Å²) in [6, 6.07) is 10.4. The number of alkyl halides is 3. The molecular formula is C26H31F3N4O6S. The molecule has 2 heterocycles. The topological polar surface area (TPSA) is 141 Å². The van der Waals surface area contributed by atoms with E-state index >= 15 is 0 Å². The van der Waals surface area contributed by atoms with Crippen LogP contribution < -0.4 is 15.4 Å². The van der Waals surface area contributed by atoms with Gasteiger partial charge < -0.3 is 25.6 Å². The summed E-state index contributed by atoms with van der Waals surface area (Å²) in [4.78, 5) is 17.4. The van der Waals surface area contributed by atoms with Crippen molar-refractivity contribution in [1.29, 1.82) is 0 Å². The molecule has 4 rings (SSSR count). The van der Waals surface area contributed by atoms with E-state index in [-0.39, 0.29) is 56.6 Å². The average Bonchev–Trinajstić information content (AvgIpc) is 3.21. The van der Waals surface area contributed by atoms with E-state index in [1.807, 2.05) is 19.1 Å². The Morgan fingerprint density at radius 2 is 1.85 bits per heavy atom. The van der Waals surface area contributed by atoms with Crippen LogP contribution in [0.3, 0.4) is 0 Å². The van der Waals surface area contributed by atoms with Crippen LogP contribution in [0.2, 0.25) is 0 Å². The average molecular weight is 585 g/mol. The number of piperidine rings is 1. The van der Waals surface area contributed by atoms with Gasteiger partial charge in [-0.15, -0.1) is 13.2 Å². The maximum atomic E-state index is 13.1. The van der Waals surface area contributed by atoms with E-state index in [2.05, 4.69) is 20.4 Å². The first-order valence-corrected chi connectivity index (χ1v) is 14.3. The fourth-order valence-electron chi connectivity index (χ4n) is 4.70. The lowest BCUT2D eigenvalue weighted by atomic mass is 9.89. The quantitative estimate of drug-likeness (QED) is 0.335. The lowest BCUT2D eigenvalue weighted by Gasteiger charge is -2.34. The van der Waals surface area contributed by atoms with Crippen LogP contribution in [-0.4, -0.2) is 84.7 Å². The third-order valence-corrected chi connectivity index (χ3v) is 8.88.